The number of carbonyl (C=O) groups is 1. The number of aliphatic hydroxyl groups excluding tert-OH is 1. The Bertz CT molecular complexity index is 707. The first-order valence-electron chi connectivity index (χ1n) is 6.82. The highest BCUT2D eigenvalue weighted by Gasteiger charge is 2.19. The van der Waals surface area contributed by atoms with Gasteiger partial charge in [-0.25, -0.2) is 9.78 Å². The van der Waals surface area contributed by atoms with E-state index in [1.54, 1.807) is 12.7 Å². The second kappa shape index (κ2) is 6.29. The third kappa shape index (κ3) is 2.88. The van der Waals surface area contributed by atoms with Gasteiger partial charge in [-0.3, -0.25) is 4.99 Å². The maximum absolute atomic E-state index is 11.4. The Hall–Kier alpha value is -2.19. The lowest BCUT2D eigenvalue weighted by Gasteiger charge is -2.08. The molecule has 0 saturated carbocycles. The molecule has 8 heteroatoms. The van der Waals surface area contributed by atoms with Gasteiger partial charge < -0.3 is 19.7 Å². The summed E-state index contributed by atoms with van der Waals surface area (Å²) in [7, 11) is 1.38. The molecule has 1 aliphatic rings. The molecular weight excluding hydrogens is 304 g/mol. The minimum Gasteiger partial charge on any atom is -0.465 e. The fourth-order valence-electron chi connectivity index (χ4n) is 2.28. The molecule has 0 bridgehead atoms. The number of carbonyl (C=O) groups excluding carboxylic acids is 1. The van der Waals surface area contributed by atoms with E-state index in [-0.39, 0.29) is 5.97 Å². The Morgan fingerprint density at radius 3 is 3.32 bits per heavy atom. The first-order valence-corrected chi connectivity index (χ1v) is 7.70. The van der Waals surface area contributed by atoms with Crippen molar-refractivity contribution in [2.75, 3.05) is 19.0 Å². The van der Waals surface area contributed by atoms with E-state index in [2.05, 4.69) is 15.3 Å². The van der Waals surface area contributed by atoms with Crippen molar-refractivity contribution in [3.63, 3.8) is 0 Å². The van der Waals surface area contributed by atoms with Crippen LogP contribution in [0.4, 0.5) is 5.82 Å². The average Bonchev–Trinajstić information content (AvgIpc) is 3.11. The number of thiophene rings is 1. The number of hydrogen-bond donors (Lipinski definition) is 2. The number of methoxy groups -OCH3 is 1. The van der Waals surface area contributed by atoms with Crippen LogP contribution in [0.15, 0.2) is 22.8 Å². The standard InChI is InChI=1S/C14H16N4O3S/c1-21-14(20)11-4-9(6-22-11)2-3-18-8-17-12-10(19)5-15-7-16-13(12)18/h4,6-8,10,19H,2-3,5H2,1H3,(H,15,16). The third-order valence-corrected chi connectivity index (χ3v) is 4.39. The number of esters is 1. The second-order valence-corrected chi connectivity index (χ2v) is 5.80. The average molecular weight is 320 g/mol. The number of aromatic nitrogens is 2. The summed E-state index contributed by atoms with van der Waals surface area (Å²) < 4.78 is 6.64. The van der Waals surface area contributed by atoms with Crippen LogP contribution < -0.4 is 5.32 Å². The van der Waals surface area contributed by atoms with Crippen LogP contribution in [0, 0.1) is 0 Å². The zero-order valence-electron chi connectivity index (χ0n) is 12.0. The van der Waals surface area contributed by atoms with E-state index in [4.69, 9.17) is 4.74 Å². The van der Waals surface area contributed by atoms with Crippen molar-refractivity contribution in [3.8, 4) is 0 Å². The number of nitrogens with zero attached hydrogens (tertiary/aromatic N) is 3. The summed E-state index contributed by atoms with van der Waals surface area (Å²) in [6.45, 7) is 0.997. The van der Waals surface area contributed by atoms with Crippen LogP contribution in [-0.4, -0.2) is 40.6 Å². The van der Waals surface area contributed by atoms with Crippen molar-refractivity contribution in [2.45, 2.75) is 19.1 Å². The van der Waals surface area contributed by atoms with Crippen molar-refractivity contribution in [1.82, 2.24) is 9.55 Å². The van der Waals surface area contributed by atoms with Gasteiger partial charge in [0.1, 0.15) is 22.5 Å². The minimum atomic E-state index is -0.686. The zero-order valence-corrected chi connectivity index (χ0v) is 12.8. The molecule has 0 amide bonds. The Labute approximate surface area is 131 Å². The van der Waals surface area contributed by atoms with E-state index >= 15 is 0 Å². The summed E-state index contributed by atoms with van der Waals surface area (Å²) >= 11 is 1.38. The molecule has 1 atom stereocenters. The summed E-state index contributed by atoms with van der Waals surface area (Å²) in [6, 6.07) is 1.84. The number of aryl methyl sites for hydroxylation is 2. The van der Waals surface area contributed by atoms with Crippen LogP contribution >= 0.6 is 11.3 Å². The van der Waals surface area contributed by atoms with Crippen LogP contribution in [-0.2, 0) is 17.7 Å². The largest absolute Gasteiger partial charge is 0.465 e. The van der Waals surface area contributed by atoms with E-state index in [9.17, 15) is 9.90 Å². The van der Waals surface area contributed by atoms with Gasteiger partial charge in [-0.05, 0) is 23.4 Å². The Balaban J connectivity index is 1.71. The quantitative estimate of drug-likeness (QED) is 0.833. The number of rotatable bonds is 4. The van der Waals surface area contributed by atoms with Crippen LogP contribution in [0.1, 0.15) is 27.0 Å². The number of fused-ring (bicyclic) bond motifs is 1. The van der Waals surface area contributed by atoms with Crippen molar-refractivity contribution < 1.29 is 14.6 Å². The van der Waals surface area contributed by atoms with Crippen LogP contribution in [0.5, 0.6) is 0 Å². The summed E-state index contributed by atoms with van der Waals surface area (Å²) in [4.78, 5) is 20.3. The molecule has 1 unspecified atom stereocenters. The van der Waals surface area contributed by atoms with Gasteiger partial charge in [-0.15, -0.1) is 11.3 Å². The maximum Gasteiger partial charge on any atom is 0.348 e. The molecule has 2 aromatic rings. The van der Waals surface area contributed by atoms with Gasteiger partial charge in [0.2, 0.25) is 0 Å². The molecule has 0 saturated heterocycles. The molecule has 2 N–H and O–H groups in total. The van der Waals surface area contributed by atoms with Gasteiger partial charge in [-0.1, -0.05) is 0 Å². The molecule has 0 aromatic carbocycles. The van der Waals surface area contributed by atoms with Gasteiger partial charge in [0.25, 0.3) is 0 Å². The Morgan fingerprint density at radius 1 is 1.64 bits per heavy atom. The number of aliphatic imine (C=N–C) groups is 1. The highest BCUT2D eigenvalue weighted by Crippen LogP contribution is 2.24. The molecule has 22 heavy (non-hydrogen) atoms. The number of ether oxygens (including phenoxy) is 1. The third-order valence-electron chi connectivity index (χ3n) is 3.43. The number of imidazole rings is 1. The lowest BCUT2D eigenvalue weighted by Crippen LogP contribution is -2.07. The summed E-state index contributed by atoms with van der Waals surface area (Å²) in [5, 5.41) is 15.0. The molecule has 0 spiro atoms. The number of aliphatic hydroxyl groups is 1. The number of anilines is 1. The van der Waals surface area contributed by atoms with Crippen LogP contribution in [0.25, 0.3) is 0 Å². The van der Waals surface area contributed by atoms with Gasteiger partial charge >= 0.3 is 5.97 Å². The Kier molecular flexibility index (Phi) is 4.21. The van der Waals surface area contributed by atoms with Gasteiger partial charge in [0, 0.05) is 6.54 Å². The lowest BCUT2D eigenvalue weighted by atomic mass is 10.2. The lowest BCUT2D eigenvalue weighted by molar-refractivity contribution is 0.0606. The fraction of sp³-hybridized carbons (Fsp3) is 0.357. The van der Waals surface area contributed by atoms with Gasteiger partial charge in [0.05, 0.1) is 26.3 Å². The summed E-state index contributed by atoms with van der Waals surface area (Å²) in [5.41, 5.74) is 1.67. The topological polar surface area (TPSA) is 88.7 Å². The van der Waals surface area contributed by atoms with E-state index in [0.29, 0.717) is 23.7 Å². The fourth-order valence-corrected chi connectivity index (χ4v) is 3.14. The number of hydrogen-bond acceptors (Lipinski definition) is 7. The normalized spacial score (nSPS) is 16.7. The minimum absolute atomic E-state index is 0.310. The monoisotopic (exact) mass is 320 g/mol. The molecule has 1 aliphatic heterocycles. The smallest absolute Gasteiger partial charge is 0.348 e. The van der Waals surface area contributed by atoms with Gasteiger partial charge in [0.15, 0.2) is 0 Å². The van der Waals surface area contributed by atoms with E-state index < -0.39 is 6.10 Å². The van der Waals surface area contributed by atoms with Crippen LogP contribution in [0.2, 0.25) is 0 Å². The highest BCUT2D eigenvalue weighted by atomic mass is 32.1. The molecule has 3 rings (SSSR count). The summed E-state index contributed by atoms with van der Waals surface area (Å²) in [5.74, 6) is 0.450. The predicted octanol–water partition coefficient (Wildman–Crippen LogP) is 1.46. The van der Waals surface area contributed by atoms with Crippen molar-refractivity contribution >= 4 is 29.5 Å². The molecule has 116 valence electrons. The molecule has 7 nitrogen and oxygen atoms in total. The van der Waals surface area contributed by atoms with Crippen molar-refractivity contribution in [1.29, 1.82) is 0 Å². The molecule has 0 fully saturated rings. The maximum atomic E-state index is 11.4. The van der Waals surface area contributed by atoms with E-state index in [1.165, 1.54) is 18.4 Å². The summed E-state index contributed by atoms with van der Waals surface area (Å²) in [6.07, 6.45) is 3.35. The first kappa shape index (κ1) is 14.7. The molecule has 0 radical (unpaired) electrons. The molecule has 2 aromatic heterocycles. The first-order chi connectivity index (χ1) is 10.7. The van der Waals surface area contributed by atoms with Crippen molar-refractivity contribution in [2.24, 2.45) is 4.99 Å². The molecule has 3 heterocycles. The highest BCUT2D eigenvalue weighted by molar-refractivity contribution is 7.12. The number of nitrogens with one attached hydrogen (secondary N) is 1. The van der Waals surface area contributed by atoms with E-state index in [1.807, 2.05) is 16.0 Å². The Morgan fingerprint density at radius 2 is 2.50 bits per heavy atom. The molecular formula is C14H16N4O3S. The SMILES string of the molecule is COC(=O)c1cc(CCn2cnc3c2NC=NCC3O)cs1. The second-order valence-electron chi connectivity index (χ2n) is 4.89. The predicted molar refractivity (Wildman–Crippen MR) is 83.5 cm³/mol. The van der Waals surface area contributed by atoms with E-state index in [0.717, 1.165) is 17.8 Å². The van der Waals surface area contributed by atoms with Crippen LogP contribution in [0.3, 0.4) is 0 Å². The molecule has 0 aliphatic carbocycles. The van der Waals surface area contributed by atoms with Crippen molar-refractivity contribution in [3.05, 3.63) is 33.9 Å². The van der Waals surface area contributed by atoms with Gasteiger partial charge in [-0.2, -0.15) is 0 Å². The zero-order chi connectivity index (χ0) is 15.5.